The van der Waals surface area contributed by atoms with Crippen molar-refractivity contribution in [3.63, 3.8) is 0 Å². The zero-order chi connectivity index (χ0) is 12.5. The molecule has 2 heterocycles. The maximum atomic E-state index is 6.16. The van der Waals surface area contributed by atoms with Gasteiger partial charge in [0.25, 0.3) is 0 Å². The summed E-state index contributed by atoms with van der Waals surface area (Å²) in [5.74, 6) is 2.50. The Morgan fingerprint density at radius 2 is 1.76 bits per heavy atom. The van der Waals surface area contributed by atoms with Crippen LogP contribution in [0.2, 0.25) is 0 Å². The first kappa shape index (κ1) is 13.7. The molecule has 1 atom stereocenters. The topological polar surface area (TPSA) is 32.5 Å². The third kappa shape index (κ3) is 2.98. The van der Waals surface area contributed by atoms with Gasteiger partial charge in [0.05, 0.1) is 0 Å². The Kier molecular flexibility index (Phi) is 4.08. The molecular formula is C13H27N3S. The lowest BCUT2D eigenvalue weighted by molar-refractivity contribution is 0.0296. The predicted molar refractivity (Wildman–Crippen MR) is 76.6 cm³/mol. The maximum absolute atomic E-state index is 6.16. The van der Waals surface area contributed by atoms with Crippen LogP contribution < -0.4 is 5.73 Å². The van der Waals surface area contributed by atoms with Gasteiger partial charge in [0.1, 0.15) is 0 Å². The molecule has 2 fully saturated rings. The number of rotatable bonds is 2. The summed E-state index contributed by atoms with van der Waals surface area (Å²) >= 11 is 2.09. The van der Waals surface area contributed by atoms with Crippen LogP contribution in [0.1, 0.15) is 20.3 Å². The molecule has 2 N–H and O–H groups in total. The van der Waals surface area contributed by atoms with E-state index >= 15 is 0 Å². The number of thioether (sulfide) groups is 1. The molecule has 0 aromatic carbocycles. The van der Waals surface area contributed by atoms with Crippen molar-refractivity contribution in [1.29, 1.82) is 0 Å². The maximum Gasteiger partial charge on any atom is 0.0428 e. The third-order valence-corrected chi connectivity index (χ3v) is 5.95. The molecule has 2 aliphatic heterocycles. The van der Waals surface area contributed by atoms with Crippen LogP contribution in [0.4, 0.5) is 0 Å². The number of hydrogen-bond acceptors (Lipinski definition) is 4. The van der Waals surface area contributed by atoms with E-state index in [4.69, 9.17) is 5.73 Å². The first-order chi connectivity index (χ1) is 7.97. The number of nitrogens with zero attached hydrogens (tertiary/aromatic N) is 2. The second-order valence-corrected chi connectivity index (χ2v) is 7.54. The Hall–Kier alpha value is 0.230. The van der Waals surface area contributed by atoms with E-state index in [0.717, 1.165) is 6.54 Å². The van der Waals surface area contributed by atoms with Crippen LogP contribution >= 0.6 is 11.8 Å². The van der Waals surface area contributed by atoms with Crippen LogP contribution in [0.15, 0.2) is 0 Å². The molecule has 0 bridgehead atoms. The summed E-state index contributed by atoms with van der Waals surface area (Å²) in [4.78, 5) is 5.09. The highest BCUT2D eigenvalue weighted by atomic mass is 32.2. The van der Waals surface area contributed by atoms with Crippen molar-refractivity contribution in [2.24, 2.45) is 11.1 Å². The Balaban J connectivity index is 2.08. The summed E-state index contributed by atoms with van der Waals surface area (Å²) in [6.45, 7) is 10.3. The van der Waals surface area contributed by atoms with Crippen LogP contribution in [-0.4, -0.2) is 66.6 Å². The van der Waals surface area contributed by atoms with E-state index in [-0.39, 0.29) is 5.54 Å². The van der Waals surface area contributed by atoms with E-state index < -0.39 is 0 Å². The zero-order valence-electron chi connectivity index (χ0n) is 11.5. The molecule has 2 rings (SSSR count). The van der Waals surface area contributed by atoms with Crippen molar-refractivity contribution in [2.45, 2.75) is 25.8 Å². The number of hydrogen-bond donors (Lipinski definition) is 1. The summed E-state index contributed by atoms with van der Waals surface area (Å²) in [6, 6.07) is 0. The van der Waals surface area contributed by atoms with Crippen LogP contribution in [0, 0.1) is 5.41 Å². The molecule has 2 aliphatic rings. The van der Waals surface area contributed by atoms with Crippen molar-refractivity contribution < 1.29 is 0 Å². The van der Waals surface area contributed by atoms with Crippen molar-refractivity contribution >= 4 is 11.8 Å². The fraction of sp³-hybridized carbons (Fsp3) is 1.00. The van der Waals surface area contributed by atoms with Crippen LogP contribution in [0.3, 0.4) is 0 Å². The van der Waals surface area contributed by atoms with E-state index in [1.165, 1.54) is 44.1 Å². The Bertz CT molecular complexity index is 261. The Morgan fingerprint density at radius 1 is 1.12 bits per heavy atom. The quantitative estimate of drug-likeness (QED) is 0.803. The molecule has 3 nitrogen and oxygen atoms in total. The van der Waals surface area contributed by atoms with E-state index in [2.05, 4.69) is 42.5 Å². The second kappa shape index (κ2) is 5.08. The van der Waals surface area contributed by atoms with Gasteiger partial charge in [0.2, 0.25) is 0 Å². The molecule has 0 saturated carbocycles. The van der Waals surface area contributed by atoms with Gasteiger partial charge in [-0.15, -0.1) is 0 Å². The fourth-order valence-corrected chi connectivity index (χ4v) is 4.79. The average Bonchev–Trinajstić information content (AvgIpc) is 2.28. The van der Waals surface area contributed by atoms with Gasteiger partial charge >= 0.3 is 0 Å². The van der Waals surface area contributed by atoms with Crippen molar-refractivity contribution in [3.8, 4) is 0 Å². The van der Waals surface area contributed by atoms with Gasteiger partial charge < -0.3 is 10.6 Å². The minimum Gasteiger partial charge on any atom is -0.329 e. The minimum absolute atomic E-state index is 0.258. The second-order valence-electron chi connectivity index (χ2n) is 6.55. The number of likely N-dealkylation sites (N-methyl/N-ethyl adjacent to an activating group) is 1. The van der Waals surface area contributed by atoms with Gasteiger partial charge in [-0.05, 0) is 24.6 Å². The summed E-state index contributed by atoms with van der Waals surface area (Å²) in [6.07, 6.45) is 1.26. The largest absolute Gasteiger partial charge is 0.329 e. The van der Waals surface area contributed by atoms with E-state index in [9.17, 15) is 0 Å². The third-order valence-electron chi connectivity index (χ3n) is 4.23. The Labute approximate surface area is 110 Å². The molecule has 0 aromatic heterocycles. The number of piperazine rings is 1. The lowest BCUT2D eigenvalue weighted by Crippen LogP contribution is -2.63. The highest BCUT2D eigenvalue weighted by Gasteiger charge is 2.44. The normalized spacial score (nSPS) is 36.0. The van der Waals surface area contributed by atoms with E-state index in [1.807, 2.05) is 0 Å². The van der Waals surface area contributed by atoms with E-state index in [1.54, 1.807) is 0 Å². The smallest absolute Gasteiger partial charge is 0.0428 e. The summed E-state index contributed by atoms with van der Waals surface area (Å²) in [5.41, 5.74) is 6.85. The summed E-state index contributed by atoms with van der Waals surface area (Å²) in [7, 11) is 2.21. The standard InChI is InChI=1S/C13H27N3S/c1-12(2)8-13(9-14,11-17-10-12)16-6-4-15(3)5-7-16/h4-11,14H2,1-3H3. The molecule has 0 spiro atoms. The van der Waals surface area contributed by atoms with Gasteiger partial charge in [-0.3, -0.25) is 4.90 Å². The first-order valence-corrected chi connectivity index (χ1v) is 7.84. The zero-order valence-corrected chi connectivity index (χ0v) is 12.4. The summed E-state index contributed by atoms with van der Waals surface area (Å²) < 4.78 is 0. The predicted octanol–water partition coefficient (Wildman–Crippen LogP) is 1.09. The highest BCUT2D eigenvalue weighted by Crippen LogP contribution is 2.42. The van der Waals surface area contributed by atoms with Crippen molar-refractivity contribution in [3.05, 3.63) is 0 Å². The minimum atomic E-state index is 0.258. The monoisotopic (exact) mass is 257 g/mol. The summed E-state index contributed by atoms with van der Waals surface area (Å²) in [5, 5.41) is 0. The fourth-order valence-electron chi connectivity index (χ4n) is 3.25. The Morgan fingerprint density at radius 3 is 2.29 bits per heavy atom. The molecule has 100 valence electrons. The van der Waals surface area contributed by atoms with Crippen molar-refractivity contribution in [2.75, 3.05) is 51.3 Å². The van der Waals surface area contributed by atoms with Gasteiger partial charge in [-0.1, -0.05) is 13.8 Å². The van der Waals surface area contributed by atoms with Gasteiger partial charge in [0.15, 0.2) is 0 Å². The lowest BCUT2D eigenvalue weighted by atomic mass is 9.78. The molecular weight excluding hydrogens is 230 g/mol. The molecule has 1 unspecified atom stereocenters. The van der Waals surface area contributed by atoms with E-state index in [0.29, 0.717) is 5.41 Å². The van der Waals surface area contributed by atoms with Gasteiger partial charge in [-0.2, -0.15) is 11.8 Å². The molecule has 17 heavy (non-hydrogen) atoms. The van der Waals surface area contributed by atoms with Gasteiger partial charge in [0, 0.05) is 44.0 Å². The molecule has 4 heteroatoms. The molecule has 2 saturated heterocycles. The average molecular weight is 257 g/mol. The lowest BCUT2D eigenvalue weighted by Gasteiger charge is -2.52. The van der Waals surface area contributed by atoms with Crippen LogP contribution in [-0.2, 0) is 0 Å². The molecule has 0 radical (unpaired) electrons. The highest BCUT2D eigenvalue weighted by molar-refractivity contribution is 7.99. The molecule has 0 amide bonds. The first-order valence-electron chi connectivity index (χ1n) is 6.69. The van der Waals surface area contributed by atoms with Crippen LogP contribution in [0.5, 0.6) is 0 Å². The van der Waals surface area contributed by atoms with Crippen LogP contribution in [0.25, 0.3) is 0 Å². The number of nitrogens with two attached hydrogens (primary N) is 1. The molecule has 0 aliphatic carbocycles. The van der Waals surface area contributed by atoms with Gasteiger partial charge in [-0.25, -0.2) is 0 Å². The molecule has 0 aromatic rings. The van der Waals surface area contributed by atoms with Crippen molar-refractivity contribution in [1.82, 2.24) is 9.80 Å². The SMILES string of the molecule is CN1CCN(C2(CN)CSCC(C)(C)C2)CC1.